The van der Waals surface area contributed by atoms with E-state index in [0.717, 1.165) is 5.69 Å². The van der Waals surface area contributed by atoms with Crippen LogP contribution in [0.3, 0.4) is 0 Å². The van der Waals surface area contributed by atoms with Crippen molar-refractivity contribution in [2.24, 2.45) is 5.73 Å². The maximum absolute atomic E-state index is 10.5. The van der Waals surface area contributed by atoms with Crippen LogP contribution in [-0.2, 0) is 4.79 Å². The zero-order chi connectivity index (χ0) is 10.6. The van der Waals surface area contributed by atoms with Crippen LogP contribution in [-0.4, -0.2) is 29.5 Å². The highest BCUT2D eigenvalue weighted by molar-refractivity contribution is 5.78. The zero-order valence-electron chi connectivity index (χ0n) is 8.16. The lowest BCUT2D eigenvalue weighted by atomic mass is 10.4. The Balaban J connectivity index is 2.76. The van der Waals surface area contributed by atoms with Gasteiger partial charge in [-0.2, -0.15) is 4.98 Å². The van der Waals surface area contributed by atoms with Gasteiger partial charge in [-0.25, -0.2) is 4.98 Å². The number of nitrogens with zero attached hydrogens (tertiary/aromatic N) is 2. The predicted molar refractivity (Wildman–Crippen MR) is 54.0 cm³/mol. The topological polar surface area (TPSA) is 92.9 Å². The molecule has 6 heteroatoms. The Kier molecular flexibility index (Phi) is 3.22. The minimum Gasteiger partial charge on any atom is -0.368 e. The summed E-state index contributed by atoms with van der Waals surface area (Å²) in [5.74, 6) is 0.671. The van der Waals surface area contributed by atoms with Crippen molar-refractivity contribution in [2.75, 3.05) is 24.2 Å². The van der Waals surface area contributed by atoms with Crippen LogP contribution >= 0.6 is 0 Å². The number of primary amides is 1. The molecule has 4 N–H and O–H groups in total. The Hall–Kier alpha value is -1.85. The summed E-state index contributed by atoms with van der Waals surface area (Å²) < 4.78 is 0. The van der Waals surface area contributed by atoms with E-state index in [1.54, 1.807) is 13.1 Å². The maximum atomic E-state index is 10.5. The Morgan fingerprint density at radius 3 is 2.86 bits per heavy atom. The summed E-state index contributed by atoms with van der Waals surface area (Å²) >= 11 is 0. The molecule has 0 atom stereocenters. The van der Waals surface area contributed by atoms with Crippen LogP contribution in [0.4, 0.5) is 11.8 Å². The number of hydrogen-bond donors (Lipinski definition) is 3. The minimum atomic E-state index is -0.424. The van der Waals surface area contributed by atoms with E-state index < -0.39 is 5.91 Å². The fraction of sp³-hybridized carbons (Fsp3) is 0.375. The van der Waals surface area contributed by atoms with Gasteiger partial charge in [-0.15, -0.1) is 0 Å². The molecular weight excluding hydrogens is 182 g/mol. The van der Waals surface area contributed by atoms with Crippen molar-refractivity contribution in [1.82, 2.24) is 9.97 Å². The number of carbonyl (C=O) groups excluding carboxylic acids is 1. The number of aromatic nitrogens is 2. The Bertz CT molecular complexity index is 339. The van der Waals surface area contributed by atoms with Crippen molar-refractivity contribution in [1.29, 1.82) is 0 Å². The Morgan fingerprint density at radius 2 is 2.29 bits per heavy atom. The standard InChI is InChI=1S/C8H13N5O/c1-5-3-7(11-4-6(9)14)13-8(10-2)12-5/h3H,4H2,1-2H3,(H2,9,14)(H2,10,11,12,13). The maximum Gasteiger partial charge on any atom is 0.236 e. The number of carbonyl (C=O) groups is 1. The largest absolute Gasteiger partial charge is 0.368 e. The number of anilines is 2. The minimum absolute atomic E-state index is 0.0691. The second-order valence-corrected chi connectivity index (χ2v) is 2.79. The van der Waals surface area contributed by atoms with E-state index in [9.17, 15) is 4.79 Å². The molecule has 0 spiro atoms. The normalized spacial score (nSPS) is 9.57. The first-order valence-corrected chi connectivity index (χ1v) is 4.17. The van der Waals surface area contributed by atoms with E-state index in [2.05, 4.69) is 20.6 Å². The first-order chi connectivity index (χ1) is 6.61. The Morgan fingerprint density at radius 1 is 1.57 bits per heavy atom. The molecule has 0 bridgehead atoms. The molecule has 0 aliphatic rings. The van der Waals surface area contributed by atoms with Crippen LogP contribution in [0, 0.1) is 6.92 Å². The van der Waals surface area contributed by atoms with Crippen molar-refractivity contribution in [3.63, 3.8) is 0 Å². The van der Waals surface area contributed by atoms with E-state index in [4.69, 9.17) is 5.73 Å². The highest BCUT2D eigenvalue weighted by Gasteiger charge is 2.00. The van der Waals surface area contributed by atoms with E-state index in [1.165, 1.54) is 0 Å². The Labute approximate surface area is 81.9 Å². The molecule has 0 aliphatic heterocycles. The molecule has 1 aromatic heterocycles. The van der Waals surface area contributed by atoms with E-state index in [0.29, 0.717) is 11.8 Å². The molecule has 0 aromatic carbocycles. The lowest BCUT2D eigenvalue weighted by molar-refractivity contribution is -0.116. The number of nitrogens with two attached hydrogens (primary N) is 1. The summed E-state index contributed by atoms with van der Waals surface area (Å²) in [5.41, 5.74) is 5.80. The molecular formula is C8H13N5O. The smallest absolute Gasteiger partial charge is 0.236 e. The zero-order valence-corrected chi connectivity index (χ0v) is 8.16. The van der Waals surface area contributed by atoms with Crippen LogP contribution in [0.25, 0.3) is 0 Å². The predicted octanol–water partition coefficient (Wildman–Crippen LogP) is -0.276. The van der Waals surface area contributed by atoms with Gasteiger partial charge in [0.05, 0.1) is 6.54 Å². The van der Waals surface area contributed by atoms with Crippen molar-refractivity contribution >= 4 is 17.7 Å². The molecule has 14 heavy (non-hydrogen) atoms. The highest BCUT2D eigenvalue weighted by Crippen LogP contribution is 2.08. The lowest BCUT2D eigenvalue weighted by Gasteiger charge is -2.06. The van der Waals surface area contributed by atoms with Crippen LogP contribution in [0.1, 0.15) is 5.69 Å². The molecule has 76 valence electrons. The molecule has 0 radical (unpaired) electrons. The van der Waals surface area contributed by atoms with E-state index >= 15 is 0 Å². The quantitative estimate of drug-likeness (QED) is 0.614. The van der Waals surface area contributed by atoms with Crippen LogP contribution in [0.2, 0.25) is 0 Å². The van der Waals surface area contributed by atoms with Gasteiger partial charge in [-0.3, -0.25) is 4.79 Å². The summed E-state index contributed by atoms with van der Waals surface area (Å²) in [6.45, 7) is 1.91. The second-order valence-electron chi connectivity index (χ2n) is 2.79. The molecule has 0 unspecified atom stereocenters. The summed E-state index contributed by atoms with van der Waals surface area (Å²) in [7, 11) is 1.73. The SMILES string of the molecule is CNc1nc(C)cc(NCC(N)=O)n1. The third-order valence-corrected chi connectivity index (χ3v) is 1.52. The fourth-order valence-electron chi connectivity index (χ4n) is 0.949. The average Bonchev–Trinajstić information content (AvgIpc) is 2.14. The van der Waals surface area contributed by atoms with Gasteiger partial charge in [-0.05, 0) is 6.92 Å². The fourth-order valence-corrected chi connectivity index (χ4v) is 0.949. The van der Waals surface area contributed by atoms with Gasteiger partial charge in [0.15, 0.2) is 0 Å². The number of hydrogen-bond acceptors (Lipinski definition) is 5. The van der Waals surface area contributed by atoms with E-state index in [1.807, 2.05) is 6.92 Å². The molecule has 0 aliphatic carbocycles. The number of nitrogens with one attached hydrogen (secondary N) is 2. The second kappa shape index (κ2) is 4.40. The molecule has 6 nitrogen and oxygen atoms in total. The van der Waals surface area contributed by atoms with Crippen molar-refractivity contribution in [2.45, 2.75) is 6.92 Å². The van der Waals surface area contributed by atoms with Gasteiger partial charge in [0, 0.05) is 18.8 Å². The molecule has 1 rings (SSSR count). The molecule has 1 heterocycles. The molecule has 0 fully saturated rings. The average molecular weight is 195 g/mol. The summed E-state index contributed by atoms with van der Waals surface area (Å²) in [6, 6.07) is 1.74. The summed E-state index contributed by atoms with van der Waals surface area (Å²) in [5, 5.41) is 5.61. The molecule has 1 amide bonds. The summed E-state index contributed by atoms with van der Waals surface area (Å²) in [6.07, 6.45) is 0. The van der Waals surface area contributed by atoms with Crippen LogP contribution in [0.5, 0.6) is 0 Å². The molecule has 0 saturated heterocycles. The monoisotopic (exact) mass is 195 g/mol. The van der Waals surface area contributed by atoms with Gasteiger partial charge >= 0.3 is 0 Å². The number of amides is 1. The molecule has 0 saturated carbocycles. The highest BCUT2D eigenvalue weighted by atomic mass is 16.1. The van der Waals surface area contributed by atoms with Gasteiger partial charge in [0.2, 0.25) is 11.9 Å². The van der Waals surface area contributed by atoms with Crippen LogP contribution < -0.4 is 16.4 Å². The van der Waals surface area contributed by atoms with E-state index in [-0.39, 0.29) is 6.54 Å². The van der Waals surface area contributed by atoms with Gasteiger partial charge in [-0.1, -0.05) is 0 Å². The molecule has 1 aromatic rings. The third-order valence-electron chi connectivity index (χ3n) is 1.52. The number of rotatable bonds is 4. The van der Waals surface area contributed by atoms with Crippen molar-refractivity contribution in [3.8, 4) is 0 Å². The van der Waals surface area contributed by atoms with Crippen molar-refractivity contribution in [3.05, 3.63) is 11.8 Å². The van der Waals surface area contributed by atoms with Gasteiger partial charge in [0.1, 0.15) is 5.82 Å². The van der Waals surface area contributed by atoms with Gasteiger partial charge < -0.3 is 16.4 Å². The van der Waals surface area contributed by atoms with Crippen LogP contribution in [0.15, 0.2) is 6.07 Å². The lowest BCUT2D eigenvalue weighted by Crippen LogP contribution is -2.22. The number of aryl methyl sites for hydroxylation is 1. The first-order valence-electron chi connectivity index (χ1n) is 4.17. The third kappa shape index (κ3) is 2.89. The summed E-state index contributed by atoms with van der Waals surface area (Å²) in [4.78, 5) is 18.7. The van der Waals surface area contributed by atoms with Crippen molar-refractivity contribution < 1.29 is 4.79 Å². The first kappa shape index (κ1) is 10.2. The van der Waals surface area contributed by atoms with Gasteiger partial charge in [0.25, 0.3) is 0 Å².